The second kappa shape index (κ2) is 4.95. The molecule has 0 saturated heterocycles. The molecular weight excluding hydrogens is 224 g/mol. The maximum absolute atomic E-state index is 13.3. The Morgan fingerprint density at radius 2 is 2.18 bits per heavy atom. The molecule has 0 aliphatic carbocycles. The number of anilines is 1. The van der Waals surface area contributed by atoms with Crippen LogP contribution in [0.3, 0.4) is 0 Å². The largest absolute Gasteiger partial charge is 0.382 e. The number of nitrogens with zero attached hydrogens (tertiary/aromatic N) is 2. The van der Waals surface area contributed by atoms with Crippen LogP contribution < -0.4 is 5.32 Å². The van der Waals surface area contributed by atoms with Gasteiger partial charge in [0, 0.05) is 32.4 Å². The zero-order valence-corrected chi connectivity index (χ0v) is 9.45. The first-order valence-electron chi connectivity index (χ1n) is 5.32. The Balaban J connectivity index is 1.94. The summed E-state index contributed by atoms with van der Waals surface area (Å²) >= 11 is 0. The van der Waals surface area contributed by atoms with Gasteiger partial charge in [-0.3, -0.25) is 0 Å². The summed E-state index contributed by atoms with van der Waals surface area (Å²) in [6.45, 7) is 0.505. The number of imidazole rings is 1. The first kappa shape index (κ1) is 11.6. The molecule has 2 rings (SSSR count). The van der Waals surface area contributed by atoms with Crippen LogP contribution in [0.4, 0.5) is 14.5 Å². The van der Waals surface area contributed by atoms with Crippen molar-refractivity contribution in [3.63, 3.8) is 0 Å². The third-order valence-corrected chi connectivity index (χ3v) is 2.51. The molecule has 1 aromatic carbocycles. The van der Waals surface area contributed by atoms with Gasteiger partial charge in [-0.15, -0.1) is 0 Å². The zero-order chi connectivity index (χ0) is 12.3. The highest BCUT2D eigenvalue weighted by molar-refractivity contribution is 5.44. The summed E-state index contributed by atoms with van der Waals surface area (Å²) in [5, 5.41) is 2.85. The number of hydrogen-bond donors (Lipinski definition) is 1. The maximum Gasteiger partial charge on any atom is 0.146 e. The number of halogens is 2. The van der Waals surface area contributed by atoms with Crippen LogP contribution >= 0.6 is 0 Å². The number of aromatic nitrogens is 2. The molecule has 1 aromatic heterocycles. The second-order valence-electron chi connectivity index (χ2n) is 3.76. The molecule has 17 heavy (non-hydrogen) atoms. The first-order valence-corrected chi connectivity index (χ1v) is 5.32. The lowest BCUT2D eigenvalue weighted by Crippen LogP contribution is -2.09. The molecule has 0 unspecified atom stereocenters. The van der Waals surface area contributed by atoms with Gasteiger partial charge in [-0.25, -0.2) is 13.8 Å². The Hall–Kier alpha value is -1.91. The highest BCUT2D eigenvalue weighted by Gasteiger charge is 2.04. The number of nitrogens with one attached hydrogen (secondary N) is 1. The van der Waals surface area contributed by atoms with Gasteiger partial charge >= 0.3 is 0 Å². The fourth-order valence-corrected chi connectivity index (χ4v) is 1.58. The summed E-state index contributed by atoms with van der Waals surface area (Å²) < 4.78 is 28.0. The average Bonchev–Trinajstić information content (AvgIpc) is 2.70. The van der Waals surface area contributed by atoms with Crippen LogP contribution in [0, 0.1) is 11.6 Å². The van der Waals surface area contributed by atoms with Crippen molar-refractivity contribution >= 4 is 5.69 Å². The predicted molar refractivity (Wildman–Crippen MR) is 61.8 cm³/mol. The SMILES string of the molecule is Cn1ccnc1CCNc1cc(F)ccc1F. The normalized spacial score (nSPS) is 10.5. The van der Waals surface area contributed by atoms with Crippen molar-refractivity contribution in [2.24, 2.45) is 7.05 Å². The molecule has 0 amide bonds. The van der Waals surface area contributed by atoms with E-state index in [-0.39, 0.29) is 5.69 Å². The Bertz CT molecular complexity index is 508. The van der Waals surface area contributed by atoms with E-state index in [1.54, 1.807) is 6.20 Å². The molecule has 2 aromatic rings. The molecule has 0 radical (unpaired) electrons. The van der Waals surface area contributed by atoms with Gasteiger partial charge in [0.1, 0.15) is 17.5 Å². The summed E-state index contributed by atoms with van der Waals surface area (Å²) in [7, 11) is 1.89. The van der Waals surface area contributed by atoms with Gasteiger partial charge in [0.2, 0.25) is 0 Å². The highest BCUT2D eigenvalue weighted by Crippen LogP contribution is 2.14. The Labute approximate surface area is 98.1 Å². The van der Waals surface area contributed by atoms with Gasteiger partial charge in [-0.1, -0.05) is 0 Å². The lowest BCUT2D eigenvalue weighted by molar-refractivity contribution is 0.602. The van der Waals surface area contributed by atoms with Crippen LogP contribution in [-0.4, -0.2) is 16.1 Å². The lowest BCUT2D eigenvalue weighted by Gasteiger charge is -2.07. The monoisotopic (exact) mass is 237 g/mol. The second-order valence-corrected chi connectivity index (χ2v) is 3.76. The van der Waals surface area contributed by atoms with Gasteiger partial charge in [-0.2, -0.15) is 0 Å². The zero-order valence-electron chi connectivity index (χ0n) is 9.45. The van der Waals surface area contributed by atoms with Crippen molar-refractivity contribution in [3.8, 4) is 0 Å². The molecule has 3 nitrogen and oxygen atoms in total. The third kappa shape index (κ3) is 2.81. The average molecular weight is 237 g/mol. The van der Waals surface area contributed by atoms with Crippen LogP contribution in [0.25, 0.3) is 0 Å². The van der Waals surface area contributed by atoms with Crippen molar-refractivity contribution in [1.82, 2.24) is 9.55 Å². The third-order valence-electron chi connectivity index (χ3n) is 2.51. The maximum atomic E-state index is 13.3. The number of benzene rings is 1. The van der Waals surface area contributed by atoms with Gasteiger partial charge in [0.25, 0.3) is 0 Å². The molecule has 90 valence electrons. The van der Waals surface area contributed by atoms with E-state index >= 15 is 0 Å². The number of hydrogen-bond acceptors (Lipinski definition) is 2. The minimum atomic E-state index is -0.453. The van der Waals surface area contributed by atoms with Crippen molar-refractivity contribution < 1.29 is 8.78 Å². The summed E-state index contributed by atoms with van der Waals surface area (Å²) in [4.78, 5) is 4.14. The molecule has 1 N–H and O–H groups in total. The molecule has 0 aliphatic heterocycles. The first-order chi connectivity index (χ1) is 8.16. The standard InChI is InChI=1S/C12H13F2N3/c1-17-7-6-16-12(17)4-5-15-11-8-9(13)2-3-10(11)14/h2-3,6-8,15H,4-5H2,1H3. The molecule has 0 saturated carbocycles. The van der Waals surface area contributed by atoms with Crippen molar-refractivity contribution in [2.75, 3.05) is 11.9 Å². The van der Waals surface area contributed by atoms with E-state index in [4.69, 9.17) is 0 Å². The van der Waals surface area contributed by atoms with Gasteiger partial charge in [0.05, 0.1) is 5.69 Å². The molecule has 0 fully saturated rings. The summed E-state index contributed by atoms with van der Waals surface area (Å²) in [5.74, 6) is -0.00792. The molecule has 0 atom stereocenters. The van der Waals surface area contributed by atoms with E-state index in [1.165, 1.54) is 0 Å². The van der Waals surface area contributed by atoms with Gasteiger partial charge in [-0.05, 0) is 18.2 Å². The quantitative estimate of drug-likeness (QED) is 0.884. The highest BCUT2D eigenvalue weighted by atomic mass is 19.1. The summed E-state index contributed by atoms with van der Waals surface area (Å²) in [6.07, 6.45) is 4.20. The van der Waals surface area contributed by atoms with Crippen molar-refractivity contribution in [1.29, 1.82) is 0 Å². The number of rotatable bonds is 4. The van der Waals surface area contributed by atoms with E-state index in [9.17, 15) is 8.78 Å². The lowest BCUT2D eigenvalue weighted by atomic mass is 10.3. The summed E-state index contributed by atoms with van der Waals surface area (Å²) in [5.41, 5.74) is 0.180. The van der Waals surface area contributed by atoms with E-state index in [0.29, 0.717) is 13.0 Å². The minimum Gasteiger partial charge on any atom is -0.382 e. The van der Waals surface area contributed by atoms with Crippen LogP contribution in [0.2, 0.25) is 0 Å². The molecular formula is C12H13F2N3. The van der Waals surface area contributed by atoms with Crippen LogP contribution in [0.5, 0.6) is 0 Å². The summed E-state index contributed by atoms with van der Waals surface area (Å²) in [6, 6.07) is 3.35. The van der Waals surface area contributed by atoms with Crippen LogP contribution in [0.1, 0.15) is 5.82 Å². The fraction of sp³-hybridized carbons (Fsp3) is 0.250. The van der Waals surface area contributed by atoms with Crippen molar-refractivity contribution in [2.45, 2.75) is 6.42 Å². The smallest absolute Gasteiger partial charge is 0.146 e. The molecule has 0 spiro atoms. The molecule has 5 heteroatoms. The van der Waals surface area contributed by atoms with E-state index < -0.39 is 11.6 Å². The molecule has 0 aliphatic rings. The van der Waals surface area contributed by atoms with Crippen molar-refractivity contribution in [3.05, 3.63) is 48.1 Å². The molecule has 1 heterocycles. The van der Waals surface area contributed by atoms with Crippen LogP contribution in [-0.2, 0) is 13.5 Å². The topological polar surface area (TPSA) is 29.9 Å². The predicted octanol–water partition coefficient (Wildman–Crippen LogP) is 2.35. The Kier molecular flexibility index (Phi) is 3.37. The molecule has 0 bridgehead atoms. The number of aryl methyl sites for hydroxylation is 1. The van der Waals surface area contributed by atoms with E-state index in [2.05, 4.69) is 10.3 Å². The van der Waals surface area contributed by atoms with E-state index in [1.807, 2.05) is 17.8 Å². The van der Waals surface area contributed by atoms with Gasteiger partial charge in [0.15, 0.2) is 0 Å². The van der Waals surface area contributed by atoms with Crippen LogP contribution in [0.15, 0.2) is 30.6 Å². The Morgan fingerprint density at radius 1 is 1.35 bits per heavy atom. The minimum absolute atomic E-state index is 0.180. The Morgan fingerprint density at radius 3 is 2.88 bits per heavy atom. The van der Waals surface area contributed by atoms with Gasteiger partial charge < -0.3 is 9.88 Å². The fourth-order valence-electron chi connectivity index (χ4n) is 1.58. The van der Waals surface area contributed by atoms with E-state index in [0.717, 1.165) is 24.0 Å².